The van der Waals surface area contributed by atoms with Crippen molar-refractivity contribution in [1.82, 2.24) is 14.9 Å². The maximum atomic E-state index is 13.1. The highest BCUT2D eigenvalue weighted by atomic mass is 32.2. The van der Waals surface area contributed by atoms with Gasteiger partial charge in [-0.05, 0) is 39.7 Å². The third kappa shape index (κ3) is 5.21. The molecular formula is C19H27N3O3S2. The van der Waals surface area contributed by atoms with Crippen LogP contribution >= 0.6 is 23.1 Å². The Kier molecular flexibility index (Phi) is 8.07. The molecular weight excluding hydrogens is 382 g/mol. The number of ether oxygens (including phenoxy) is 1. The molecule has 1 amide bonds. The van der Waals surface area contributed by atoms with E-state index in [1.54, 1.807) is 10.6 Å². The van der Waals surface area contributed by atoms with Gasteiger partial charge < -0.3 is 10.1 Å². The Labute approximate surface area is 168 Å². The van der Waals surface area contributed by atoms with Gasteiger partial charge in [-0.2, -0.15) is 0 Å². The summed E-state index contributed by atoms with van der Waals surface area (Å²) in [5.74, 6) is -0.103. The van der Waals surface area contributed by atoms with Gasteiger partial charge in [-0.15, -0.1) is 17.9 Å². The summed E-state index contributed by atoms with van der Waals surface area (Å²) in [5.41, 5.74) is 0.943. The highest BCUT2D eigenvalue weighted by molar-refractivity contribution is 8.00. The summed E-state index contributed by atoms with van der Waals surface area (Å²) in [7, 11) is 0. The minimum absolute atomic E-state index is 0.0421. The van der Waals surface area contributed by atoms with Gasteiger partial charge in [0.25, 0.3) is 5.56 Å². The molecule has 8 heteroatoms. The molecule has 27 heavy (non-hydrogen) atoms. The molecule has 0 bridgehead atoms. The van der Waals surface area contributed by atoms with Crippen molar-refractivity contribution in [3.8, 4) is 0 Å². The van der Waals surface area contributed by atoms with Crippen LogP contribution in [0.4, 0.5) is 0 Å². The summed E-state index contributed by atoms with van der Waals surface area (Å²) in [6, 6.07) is 0. The Morgan fingerprint density at radius 3 is 2.89 bits per heavy atom. The molecule has 1 atom stereocenters. The molecule has 0 saturated carbocycles. The first-order valence-corrected chi connectivity index (χ1v) is 10.7. The Morgan fingerprint density at radius 2 is 2.22 bits per heavy atom. The second kappa shape index (κ2) is 10.1. The highest BCUT2D eigenvalue weighted by Crippen LogP contribution is 2.29. The van der Waals surface area contributed by atoms with E-state index in [1.807, 2.05) is 27.7 Å². The molecule has 1 N–H and O–H groups in total. The first kappa shape index (κ1) is 21.7. The van der Waals surface area contributed by atoms with Crippen LogP contribution in [-0.4, -0.2) is 40.5 Å². The standard InChI is InChI=1S/C19H27N3O3S2/c1-6-9-20-16(23)14(5)27-19-21-17-15(12(3)13(4)26-17)18(24)22(19)10-8-11-25-7-2/h6,14H,1,7-11H2,2-5H3,(H,20,23)/t14-/m0/s1. The summed E-state index contributed by atoms with van der Waals surface area (Å²) >= 11 is 2.83. The number of thiophene rings is 1. The van der Waals surface area contributed by atoms with Crippen molar-refractivity contribution in [3.05, 3.63) is 33.4 Å². The van der Waals surface area contributed by atoms with Crippen molar-refractivity contribution in [2.75, 3.05) is 19.8 Å². The smallest absolute Gasteiger partial charge is 0.263 e. The van der Waals surface area contributed by atoms with Crippen LogP contribution in [0.5, 0.6) is 0 Å². The summed E-state index contributed by atoms with van der Waals surface area (Å²) in [4.78, 5) is 31.9. The summed E-state index contributed by atoms with van der Waals surface area (Å²) in [5, 5.41) is 3.68. The van der Waals surface area contributed by atoms with Crippen molar-refractivity contribution in [2.45, 2.75) is 51.1 Å². The average molecular weight is 410 g/mol. The van der Waals surface area contributed by atoms with Gasteiger partial charge in [-0.25, -0.2) is 4.98 Å². The van der Waals surface area contributed by atoms with Crippen molar-refractivity contribution < 1.29 is 9.53 Å². The molecule has 2 heterocycles. The van der Waals surface area contributed by atoms with Crippen LogP contribution in [0, 0.1) is 13.8 Å². The lowest BCUT2D eigenvalue weighted by molar-refractivity contribution is -0.120. The van der Waals surface area contributed by atoms with Gasteiger partial charge in [-0.3, -0.25) is 14.2 Å². The normalized spacial score (nSPS) is 12.3. The topological polar surface area (TPSA) is 73.2 Å². The second-order valence-electron chi connectivity index (χ2n) is 6.16. The predicted octanol–water partition coefficient (Wildman–Crippen LogP) is 3.28. The zero-order valence-corrected chi connectivity index (χ0v) is 18.0. The minimum Gasteiger partial charge on any atom is -0.382 e. The Balaban J connectivity index is 2.37. The number of carbonyl (C=O) groups is 1. The van der Waals surface area contributed by atoms with Crippen molar-refractivity contribution in [3.63, 3.8) is 0 Å². The van der Waals surface area contributed by atoms with Gasteiger partial charge in [0.05, 0.1) is 10.6 Å². The summed E-state index contributed by atoms with van der Waals surface area (Å²) in [6.07, 6.45) is 2.36. The second-order valence-corrected chi connectivity index (χ2v) is 8.67. The van der Waals surface area contributed by atoms with Crippen LogP contribution in [0.1, 0.15) is 30.7 Å². The summed E-state index contributed by atoms with van der Waals surface area (Å²) < 4.78 is 7.08. The fourth-order valence-corrected chi connectivity index (χ4v) is 4.62. The van der Waals surface area contributed by atoms with E-state index >= 15 is 0 Å². The van der Waals surface area contributed by atoms with Gasteiger partial charge in [0.15, 0.2) is 5.16 Å². The van der Waals surface area contributed by atoms with Crippen LogP contribution < -0.4 is 10.9 Å². The molecule has 0 fully saturated rings. The molecule has 0 unspecified atom stereocenters. The molecule has 0 saturated heterocycles. The van der Waals surface area contributed by atoms with Crippen LogP contribution in [0.2, 0.25) is 0 Å². The zero-order chi connectivity index (χ0) is 20.0. The number of aryl methyl sites for hydroxylation is 2. The summed E-state index contributed by atoms with van der Waals surface area (Å²) in [6.45, 7) is 13.5. The molecule has 0 aromatic carbocycles. The lowest BCUT2D eigenvalue weighted by atomic mass is 10.2. The van der Waals surface area contributed by atoms with Crippen LogP contribution in [0.15, 0.2) is 22.6 Å². The molecule has 0 spiro atoms. The van der Waals surface area contributed by atoms with Gasteiger partial charge >= 0.3 is 0 Å². The monoisotopic (exact) mass is 409 g/mol. The van der Waals surface area contributed by atoms with E-state index in [-0.39, 0.29) is 16.7 Å². The molecule has 0 aliphatic heterocycles. The number of hydrogen-bond acceptors (Lipinski definition) is 6. The Morgan fingerprint density at radius 1 is 1.48 bits per heavy atom. The number of carbonyl (C=O) groups excluding carboxylic acids is 1. The largest absolute Gasteiger partial charge is 0.382 e. The van der Waals surface area contributed by atoms with Crippen LogP contribution in [-0.2, 0) is 16.1 Å². The highest BCUT2D eigenvalue weighted by Gasteiger charge is 2.21. The molecule has 6 nitrogen and oxygen atoms in total. The van der Waals surface area contributed by atoms with Gasteiger partial charge in [-0.1, -0.05) is 17.8 Å². The molecule has 2 aromatic rings. The number of nitrogens with one attached hydrogen (secondary N) is 1. The van der Waals surface area contributed by atoms with Crippen LogP contribution in [0.3, 0.4) is 0 Å². The number of fused-ring (bicyclic) bond motifs is 1. The van der Waals surface area contributed by atoms with E-state index in [4.69, 9.17) is 9.72 Å². The lowest BCUT2D eigenvalue weighted by Gasteiger charge is -2.15. The first-order valence-electron chi connectivity index (χ1n) is 9.04. The van der Waals surface area contributed by atoms with Gasteiger partial charge in [0.1, 0.15) is 4.83 Å². The fourth-order valence-electron chi connectivity index (χ4n) is 2.59. The lowest BCUT2D eigenvalue weighted by Crippen LogP contribution is -2.32. The molecule has 0 aliphatic rings. The van der Waals surface area contributed by atoms with E-state index in [0.717, 1.165) is 15.3 Å². The third-order valence-electron chi connectivity index (χ3n) is 4.20. The average Bonchev–Trinajstić information content (AvgIpc) is 2.92. The quantitative estimate of drug-likeness (QED) is 0.282. The molecule has 2 aromatic heterocycles. The maximum absolute atomic E-state index is 13.1. The van der Waals surface area contributed by atoms with Crippen molar-refractivity contribution in [1.29, 1.82) is 0 Å². The zero-order valence-electron chi connectivity index (χ0n) is 16.3. The Bertz CT molecular complexity index is 873. The van der Waals surface area contributed by atoms with E-state index in [2.05, 4.69) is 11.9 Å². The number of aromatic nitrogens is 2. The molecule has 2 rings (SSSR count). The van der Waals surface area contributed by atoms with Gasteiger partial charge in [0.2, 0.25) is 5.91 Å². The Hall–Kier alpha value is -1.64. The van der Waals surface area contributed by atoms with E-state index in [9.17, 15) is 9.59 Å². The molecule has 0 radical (unpaired) electrons. The first-order chi connectivity index (χ1) is 12.9. The van der Waals surface area contributed by atoms with Crippen molar-refractivity contribution >= 4 is 39.2 Å². The minimum atomic E-state index is -0.366. The van der Waals surface area contributed by atoms with E-state index in [0.29, 0.717) is 43.3 Å². The number of amides is 1. The fraction of sp³-hybridized carbons (Fsp3) is 0.526. The van der Waals surface area contributed by atoms with Crippen molar-refractivity contribution in [2.24, 2.45) is 0 Å². The molecule has 148 valence electrons. The van der Waals surface area contributed by atoms with Gasteiger partial charge in [0, 0.05) is 31.2 Å². The maximum Gasteiger partial charge on any atom is 0.263 e. The van der Waals surface area contributed by atoms with E-state index < -0.39 is 0 Å². The number of rotatable bonds is 10. The third-order valence-corrected chi connectivity index (χ3v) is 6.39. The van der Waals surface area contributed by atoms with E-state index in [1.165, 1.54) is 23.1 Å². The van der Waals surface area contributed by atoms with Crippen LogP contribution in [0.25, 0.3) is 10.2 Å². The number of nitrogens with zero attached hydrogens (tertiary/aromatic N) is 2. The number of thioether (sulfide) groups is 1. The number of hydrogen-bond donors (Lipinski definition) is 1. The SMILES string of the molecule is C=CCNC(=O)[C@H](C)Sc1nc2sc(C)c(C)c2c(=O)n1CCCOCC. The predicted molar refractivity (Wildman–Crippen MR) is 113 cm³/mol. The molecule has 0 aliphatic carbocycles.